The van der Waals surface area contributed by atoms with E-state index in [1.807, 2.05) is 0 Å². The van der Waals surface area contributed by atoms with Gasteiger partial charge in [0.1, 0.15) is 35.8 Å². The summed E-state index contributed by atoms with van der Waals surface area (Å²) in [6.45, 7) is 1.88. The number of tetrazole rings is 1. The molecule has 10 nitrogen and oxygen atoms in total. The number of benzene rings is 1. The van der Waals surface area contributed by atoms with Gasteiger partial charge in [-0.2, -0.15) is 4.68 Å². The molecule has 0 unspecified atom stereocenters. The molecule has 0 saturated heterocycles. The second-order valence-electron chi connectivity index (χ2n) is 5.12. The summed E-state index contributed by atoms with van der Waals surface area (Å²) in [5.74, 6) is 2.36. The van der Waals surface area contributed by atoms with Crippen molar-refractivity contribution in [1.82, 2.24) is 30.2 Å². The Morgan fingerprint density at radius 2 is 2.26 bits per heavy atom. The van der Waals surface area contributed by atoms with Crippen molar-refractivity contribution >= 4 is 5.97 Å². The maximum absolute atomic E-state index is 12.2. The monoisotopic (exact) mass is 366 g/mol. The van der Waals surface area contributed by atoms with E-state index in [4.69, 9.17) is 15.9 Å². The molecule has 2 aromatic heterocycles. The molecule has 1 aromatic carbocycles. The predicted octanol–water partition coefficient (Wildman–Crippen LogP) is 0.601. The van der Waals surface area contributed by atoms with Gasteiger partial charge in [-0.3, -0.25) is 4.79 Å². The van der Waals surface area contributed by atoms with Crippen LogP contribution in [-0.4, -0.2) is 49.4 Å². The van der Waals surface area contributed by atoms with Gasteiger partial charge in [-0.1, -0.05) is 5.92 Å². The molecule has 10 heteroatoms. The lowest BCUT2D eigenvalue weighted by atomic mass is 10.1. The van der Waals surface area contributed by atoms with Gasteiger partial charge >= 0.3 is 5.97 Å². The number of hydrogen-bond donors (Lipinski definition) is 1. The van der Waals surface area contributed by atoms with Crippen molar-refractivity contribution in [3.8, 4) is 35.2 Å². The van der Waals surface area contributed by atoms with Crippen LogP contribution in [0.15, 0.2) is 35.5 Å². The first-order chi connectivity index (χ1) is 13.1. The third-order valence-corrected chi connectivity index (χ3v) is 3.43. The van der Waals surface area contributed by atoms with E-state index < -0.39 is 11.5 Å². The number of esters is 1. The van der Waals surface area contributed by atoms with Gasteiger partial charge in [-0.05, 0) is 35.5 Å². The van der Waals surface area contributed by atoms with Gasteiger partial charge in [-0.25, -0.2) is 9.78 Å². The largest absolute Gasteiger partial charge is 0.479 e. The molecule has 2 heterocycles. The zero-order valence-electron chi connectivity index (χ0n) is 14.2. The van der Waals surface area contributed by atoms with Crippen molar-refractivity contribution in [2.75, 3.05) is 13.2 Å². The van der Waals surface area contributed by atoms with E-state index in [9.17, 15) is 9.59 Å². The molecule has 3 rings (SSSR count). The fourth-order valence-electron chi connectivity index (χ4n) is 2.25. The van der Waals surface area contributed by atoms with Gasteiger partial charge in [0, 0.05) is 11.8 Å². The fraction of sp³-hybridized carbons (Fsp3) is 0.176. The third kappa shape index (κ3) is 3.82. The lowest BCUT2D eigenvalue weighted by Gasteiger charge is -2.11. The molecule has 0 fully saturated rings. The van der Waals surface area contributed by atoms with Crippen LogP contribution in [0.25, 0.3) is 17.1 Å². The van der Waals surface area contributed by atoms with E-state index in [1.165, 1.54) is 17.2 Å². The minimum Gasteiger partial charge on any atom is -0.479 e. The Balaban J connectivity index is 2.01. The summed E-state index contributed by atoms with van der Waals surface area (Å²) in [7, 11) is 0. The van der Waals surface area contributed by atoms with Crippen LogP contribution in [0.4, 0.5) is 0 Å². The van der Waals surface area contributed by atoms with Crippen LogP contribution in [-0.2, 0) is 4.74 Å². The van der Waals surface area contributed by atoms with Crippen molar-refractivity contribution in [3.63, 3.8) is 0 Å². The number of carbonyl (C=O) groups is 1. The second-order valence-corrected chi connectivity index (χ2v) is 5.12. The van der Waals surface area contributed by atoms with Crippen molar-refractivity contribution in [3.05, 3.63) is 46.6 Å². The number of hydrogen-bond acceptors (Lipinski definition) is 8. The SMILES string of the molecule is C#CCOc1ccc(-c2ncc(C(=O)OCC)c(=O)[nH]2)cc1-n1cnnn1. The number of ether oxygens (including phenoxy) is 2. The molecule has 0 aliphatic heterocycles. The quantitative estimate of drug-likeness (QED) is 0.497. The van der Waals surface area contributed by atoms with E-state index in [1.54, 1.807) is 25.1 Å². The van der Waals surface area contributed by atoms with Gasteiger partial charge in [0.2, 0.25) is 0 Å². The zero-order valence-corrected chi connectivity index (χ0v) is 14.2. The Morgan fingerprint density at radius 1 is 1.41 bits per heavy atom. The first-order valence-corrected chi connectivity index (χ1v) is 7.84. The molecule has 0 radical (unpaired) electrons. The van der Waals surface area contributed by atoms with E-state index in [2.05, 4.69) is 31.4 Å². The van der Waals surface area contributed by atoms with Crippen molar-refractivity contribution in [2.45, 2.75) is 6.92 Å². The lowest BCUT2D eigenvalue weighted by Crippen LogP contribution is -2.21. The summed E-state index contributed by atoms with van der Waals surface area (Å²) in [6, 6.07) is 5.01. The van der Waals surface area contributed by atoms with Crippen LogP contribution < -0.4 is 10.3 Å². The van der Waals surface area contributed by atoms with Crippen molar-refractivity contribution < 1.29 is 14.3 Å². The average Bonchev–Trinajstić information content (AvgIpc) is 3.21. The Morgan fingerprint density at radius 3 is 2.93 bits per heavy atom. The van der Waals surface area contributed by atoms with Crippen LogP contribution in [0.3, 0.4) is 0 Å². The minimum atomic E-state index is -0.731. The number of terminal acetylenes is 1. The Labute approximate surface area is 153 Å². The number of nitrogens with zero attached hydrogens (tertiary/aromatic N) is 5. The maximum Gasteiger partial charge on any atom is 0.345 e. The molecule has 0 atom stereocenters. The third-order valence-electron chi connectivity index (χ3n) is 3.43. The van der Waals surface area contributed by atoms with E-state index in [0.29, 0.717) is 17.0 Å². The van der Waals surface area contributed by atoms with E-state index in [0.717, 1.165) is 0 Å². The Kier molecular flexibility index (Phi) is 5.22. The topological polar surface area (TPSA) is 125 Å². The average molecular weight is 366 g/mol. The predicted molar refractivity (Wildman–Crippen MR) is 93.3 cm³/mol. The van der Waals surface area contributed by atoms with Crippen LogP contribution in [0, 0.1) is 12.3 Å². The molecule has 136 valence electrons. The van der Waals surface area contributed by atoms with E-state index >= 15 is 0 Å². The zero-order chi connectivity index (χ0) is 19.2. The van der Waals surface area contributed by atoms with Crippen molar-refractivity contribution in [1.29, 1.82) is 0 Å². The maximum atomic E-state index is 12.2. The number of carbonyl (C=O) groups excluding carboxylic acids is 1. The highest BCUT2D eigenvalue weighted by Gasteiger charge is 2.15. The van der Waals surface area contributed by atoms with Gasteiger partial charge in [-0.15, -0.1) is 11.5 Å². The van der Waals surface area contributed by atoms with Crippen molar-refractivity contribution in [2.24, 2.45) is 0 Å². The molecule has 0 saturated carbocycles. The fourth-order valence-corrected chi connectivity index (χ4v) is 2.25. The summed E-state index contributed by atoms with van der Waals surface area (Å²) in [5, 5.41) is 11.0. The summed E-state index contributed by atoms with van der Waals surface area (Å²) in [6.07, 6.45) is 7.80. The number of rotatable bonds is 6. The number of nitrogens with one attached hydrogen (secondary N) is 1. The normalized spacial score (nSPS) is 10.2. The molecular formula is C17H14N6O4. The number of aromatic amines is 1. The van der Waals surface area contributed by atoms with Crippen LogP contribution in [0.5, 0.6) is 5.75 Å². The smallest absolute Gasteiger partial charge is 0.345 e. The molecule has 0 aliphatic rings. The van der Waals surface area contributed by atoms with Gasteiger partial charge in [0.05, 0.1) is 6.61 Å². The van der Waals surface area contributed by atoms with Gasteiger partial charge < -0.3 is 14.5 Å². The van der Waals surface area contributed by atoms with Crippen LogP contribution >= 0.6 is 0 Å². The van der Waals surface area contributed by atoms with Gasteiger partial charge in [0.25, 0.3) is 5.56 Å². The molecule has 27 heavy (non-hydrogen) atoms. The summed E-state index contributed by atoms with van der Waals surface area (Å²) >= 11 is 0. The first-order valence-electron chi connectivity index (χ1n) is 7.84. The Bertz CT molecular complexity index is 1050. The second kappa shape index (κ2) is 7.92. The molecule has 3 aromatic rings. The number of aromatic nitrogens is 6. The standard InChI is InChI=1S/C17H14N6O4/c1-3-7-27-14-6-5-11(8-13(14)23-10-19-21-22-23)15-18-9-12(16(24)20-15)17(25)26-4-2/h1,5-6,8-10H,4,7H2,2H3,(H,18,20,24). The molecule has 0 amide bonds. The van der Waals surface area contributed by atoms with Crippen LogP contribution in [0.2, 0.25) is 0 Å². The molecule has 0 aliphatic carbocycles. The van der Waals surface area contributed by atoms with E-state index in [-0.39, 0.29) is 24.6 Å². The van der Waals surface area contributed by atoms with Crippen LogP contribution in [0.1, 0.15) is 17.3 Å². The molecule has 1 N–H and O–H groups in total. The summed E-state index contributed by atoms with van der Waals surface area (Å²) < 4.78 is 11.7. The summed E-state index contributed by atoms with van der Waals surface area (Å²) in [5.41, 5.74) is 0.288. The molecular weight excluding hydrogens is 352 g/mol. The first kappa shape index (κ1) is 17.8. The molecule has 0 spiro atoms. The highest BCUT2D eigenvalue weighted by molar-refractivity contribution is 5.88. The number of H-pyrrole nitrogens is 1. The lowest BCUT2D eigenvalue weighted by molar-refractivity contribution is 0.0523. The highest BCUT2D eigenvalue weighted by atomic mass is 16.5. The highest BCUT2D eigenvalue weighted by Crippen LogP contribution is 2.27. The minimum absolute atomic E-state index is 0.0673. The molecule has 0 bridgehead atoms. The Hall–Kier alpha value is -4.00. The van der Waals surface area contributed by atoms with Gasteiger partial charge in [0.15, 0.2) is 0 Å². The summed E-state index contributed by atoms with van der Waals surface area (Å²) in [4.78, 5) is 30.6.